The lowest BCUT2D eigenvalue weighted by Gasteiger charge is -2.32. The Bertz CT molecular complexity index is 702. The minimum atomic E-state index is -0.345. The first-order valence-corrected chi connectivity index (χ1v) is 7.91. The number of nitriles is 1. The van der Waals surface area contributed by atoms with E-state index in [9.17, 15) is 9.90 Å². The number of hydrogen-bond donors (Lipinski definition) is 2. The number of aromatic nitrogens is 1. The van der Waals surface area contributed by atoms with E-state index in [1.54, 1.807) is 0 Å². The van der Waals surface area contributed by atoms with Gasteiger partial charge < -0.3 is 10.1 Å². The summed E-state index contributed by atoms with van der Waals surface area (Å²) in [5, 5.41) is 18.2. The molecule has 0 spiro atoms. The molecule has 5 nitrogen and oxygen atoms in total. The first-order chi connectivity index (χ1) is 11.0. The molecule has 2 N–H and O–H groups in total. The summed E-state index contributed by atoms with van der Waals surface area (Å²) >= 11 is 0. The molecule has 5 heteroatoms. The van der Waals surface area contributed by atoms with Crippen molar-refractivity contribution in [1.29, 1.82) is 5.26 Å². The Balaban J connectivity index is 1.94. The number of nitrogens with one attached hydrogen (secondary N) is 1. The molecule has 1 aromatic rings. The lowest BCUT2D eigenvalue weighted by molar-refractivity contribution is 0.190. The van der Waals surface area contributed by atoms with Crippen LogP contribution in [0, 0.1) is 17.2 Å². The molecule has 2 rings (SSSR count). The summed E-state index contributed by atoms with van der Waals surface area (Å²) in [5.74, 6) is 0.239. The van der Waals surface area contributed by atoms with Crippen molar-refractivity contribution in [3.05, 3.63) is 51.5 Å². The second-order valence-corrected chi connectivity index (χ2v) is 5.99. The molecule has 0 aliphatic carbocycles. The van der Waals surface area contributed by atoms with Crippen molar-refractivity contribution in [1.82, 2.24) is 9.88 Å². The minimum absolute atomic E-state index is 0.246. The maximum atomic E-state index is 11.5. The van der Waals surface area contributed by atoms with Crippen LogP contribution in [-0.4, -0.2) is 28.1 Å². The monoisotopic (exact) mass is 313 g/mol. The topological polar surface area (TPSA) is 80.1 Å². The fourth-order valence-corrected chi connectivity index (χ4v) is 2.98. The van der Waals surface area contributed by atoms with E-state index in [-0.39, 0.29) is 11.2 Å². The Hall–Kier alpha value is -2.32. The van der Waals surface area contributed by atoms with Gasteiger partial charge in [-0.05, 0) is 57.3 Å². The van der Waals surface area contributed by atoms with E-state index >= 15 is 0 Å². The van der Waals surface area contributed by atoms with Gasteiger partial charge in [-0.15, -0.1) is 0 Å². The lowest BCUT2D eigenvalue weighted by Crippen LogP contribution is -2.34. The van der Waals surface area contributed by atoms with Gasteiger partial charge in [-0.2, -0.15) is 5.26 Å². The van der Waals surface area contributed by atoms with Crippen LogP contribution in [0.25, 0.3) is 0 Å². The van der Waals surface area contributed by atoms with Crippen LogP contribution in [0.4, 0.5) is 0 Å². The third kappa shape index (κ3) is 4.57. The summed E-state index contributed by atoms with van der Waals surface area (Å²) in [7, 11) is 0. The van der Waals surface area contributed by atoms with E-state index in [4.69, 9.17) is 5.26 Å². The van der Waals surface area contributed by atoms with E-state index in [1.165, 1.54) is 17.8 Å². The summed E-state index contributed by atoms with van der Waals surface area (Å²) in [6.07, 6.45) is 7.50. The standard InChI is InChI=1S/C18H23N3O2/c1-3-14(8-13(2)10-19)15-4-6-21(7-5-15)12-16-9-17(22)18(23)11-20-16/h3,8-9,11,15,23H,4-7,12H2,1-2H3,(H,20,22)/b13-8+,14-3+. The highest BCUT2D eigenvalue weighted by Gasteiger charge is 2.21. The Labute approximate surface area is 136 Å². The third-order valence-electron chi connectivity index (χ3n) is 4.30. The predicted molar refractivity (Wildman–Crippen MR) is 89.9 cm³/mol. The number of aromatic hydroxyl groups is 1. The van der Waals surface area contributed by atoms with Crippen LogP contribution in [0.1, 0.15) is 32.4 Å². The molecule has 0 saturated carbocycles. The van der Waals surface area contributed by atoms with Crippen molar-refractivity contribution < 1.29 is 5.11 Å². The first kappa shape index (κ1) is 17.0. The van der Waals surface area contributed by atoms with Crippen molar-refractivity contribution in [2.45, 2.75) is 33.2 Å². The van der Waals surface area contributed by atoms with Crippen molar-refractivity contribution in [3.63, 3.8) is 0 Å². The number of aromatic amines is 1. The van der Waals surface area contributed by atoms with Crippen molar-refractivity contribution in [2.24, 2.45) is 5.92 Å². The third-order valence-corrected chi connectivity index (χ3v) is 4.30. The molecule has 1 fully saturated rings. The van der Waals surface area contributed by atoms with Crippen molar-refractivity contribution >= 4 is 0 Å². The predicted octanol–water partition coefficient (Wildman–Crippen LogP) is 2.71. The van der Waals surface area contributed by atoms with Crippen LogP contribution in [0.5, 0.6) is 5.75 Å². The maximum absolute atomic E-state index is 11.5. The van der Waals surface area contributed by atoms with Crippen molar-refractivity contribution in [3.8, 4) is 11.8 Å². The minimum Gasteiger partial charge on any atom is -0.503 e. The molecular formula is C18H23N3O2. The van der Waals surface area contributed by atoms with E-state index in [0.29, 0.717) is 12.5 Å². The van der Waals surface area contributed by atoms with Crippen LogP contribution < -0.4 is 5.43 Å². The smallest absolute Gasteiger partial charge is 0.223 e. The first-order valence-electron chi connectivity index (χ1n) is 7.91. The Morgan fingerprint density at radius 1 is 1.52 bits per heavy atom. The molecule has 0 amide bonds. The summed E-state index contributed by atoms with van der Waals surface area (Å²) in [4.78, 5) is 16.7. The zero-order valence-corrected chi connectivity index (χ0v) is 13.7. The summed E-state index contributed by atoms with van der Waals surface area (Å²) in [6.45, 7) is 6.43. The van der Waals surface area contributed by atoms with Gasteiger partial charge in [0, 0.05) is 30.1 Å². The molecular weight excluding hydrogens is 290 g/mol. The fraction of sp³-hybridized carbons (Fsp3) is 0.444. The number of H-pyrrole nitrogens is 1. The summed E-state index contributed by atoms with van der Waals surface area (Å²) in [6, 6.07) is 3.63. The molecule has 0 radical (unpaired) electrons. The SMILES string of the molecule is C/C=C(\C=C(/C)C#N)C1CCN(Cc2cc(=O)c(O)c[nH]2)CC1. The number of pyridine rings is 1. The van der Waals surface area contributed by atoms with Gasteiger partial charge >= 0.3 is 0 Å². The maximum Gasteiger partial charge on any atom is 0.223 e. The van der Waals surface area contributed by atoms with Gasteiger partial charge in [-0.25, -0.2) is 0 Å². The van der Waals surface area contributed by atoms with Crippen LogP contribution in [0.15, 0.2) is 40.4 Å². The molecule has 0 unspecified atom stereocenters. The number of rotatable bonds is 4. The Morgan fingerprint density at radius 2 is 2.22 bits per heavy atom. The molecule has 2 heterocycles. The van der Waals surface area contributed by atoms with Crippen LogP contribution in [-0.2, 0) is 6.54 Å². The molecule has 23 heavy (non-hydrogen) atoms. The summed E-state index contributed by atoms with van der Waals surface area (Å²) < 4.78 is 0. The highest BCUT2D eigenvalue weighted by atomic mass is 16.3. The second-order valence-electron chi connectivity index (χ2n) is 5.99. The van der Waals surface area contributed by atoms with E-state index in [1.807, 2.05) is 19.9 Å². The normalized spacial score (nSPS) is 18.0. The highest BCUT2D eigenvalue weighted by Crippen LogP contribution is 2.27. The number of allylic oxidation sites excluding steroid dienone is 4. The summed E-state index contributed by atoms with van der Waals surface area (Å²) in [5.41, 5.74) is 2.45. The van der Waals surface area contributed by atoms with Crippen LogP contribution >= 0.6 is 0 Å². The largest absolute Gasteiger partial charge is 0.503 e. The zero-order chi connectivity index (χ0) is 16.8. The van der Waals surface area contributed by atoms with Gasteiger partial charge in [-0.3, -0.25) is 9.69 Å². The Morgan fingerprint density at radius 3 is 2.78 bits per heavy atom. The Kier molecular flexibility index (Phi) is 5.78. The molecule has 1 aliphatic rings. The molecule has 122 valence electrons. The quantitative estimate of drug-likeness (QED) is 0.661. The molecule has 0 atom stereocenters. The van der Waals surface area contributed by atoms with Crippen molar-refractivity contribution in [2.75, 3.05) is 13.1 Å². The molecule has 0 aromatic carbocycles. The lowest BCUT2D eigenvalue weighted by atomic mass is 9.88. The second kappa shape index (κ2) is 7.80. The van der Waals surface area contributed by atoms with Gasteiger partial charge in [0.15, 0.2) is 5.75 Å². The van der Waals surface area contributed by atoms with E-state index < -0.39 is 0 Å². The fourth-order valence-electron chi connectivity index (χ4n) is 2.98. The van der Waals surface area contributed by atoms with Crippen LogP contribution in [0.3, 0.4) is 0 Å². The van der Waals surface area contributed by atoms with Gasteiger partial charge in [0.1, 0.15) is 0 Å². The van der Waals surface area contributed by atoms with Gasteiger partial charge in [0.05, 0.1) is 6.07 Å². The van der Waals surface area contributed by atoms with E-state index in [2.05, 4.69) is 22.0 Å². The number of piperidine rings is 1. The van der Waals surface area contributed by atoms with Gasteiger partial charge in [-0.1, -0.05) is 6.08 Å². The molecule has 1 aromatic heterocycles. The highest BCUT2D eigenvalue weighted by molar-refractivity contribution is 5.31. The van der Waals surface area contributed by atoms with Crippen LogP contribution in [0.2, 0.25) is 0 Å². The number of likely N-dealkylation sites (tertiary alicyclic amines) is 1. The number of hydrogen-bond acceptors (Lipinski definition) is 4. The van der Waals surface area contributed by atoms with Gasteiger partial charge in [0.2, 0.25) is 5.43 Å². The van der Waals surface area contributed by atoms with E-state index in [0.717, 1.165) is 37.2 Å². The molecule has 0 bridgehead atoms. The van der Waals surface area contributed by atoms with Gasteiger partial charge in [0.25, 0.3) is 0 Å². The molecule has 1 aliphatic heterocycles. The zero-order valence-electron chi connectivity index (χ0n) is 13.7. The number of nitrogens with zero attached hydrogens (tertiary/aromatic N) is 2. The molecule has 1 saturated heterocycles. The average Bonchev–Trinajstić information content (AvgIpc) is 2.56. The average molecular weight is 313 g/mol.